The van der Waals surface area contributed by atoms with Crippen LogP contribution >= 0.6 is 0 Å². The maximum Gasteiger partial charge on any atom is 0.261 e. The number of sulfonamides is 1. The van der Waals surface area contributed by atoms with E-state index in [-0.39, 0.29) is 16.7 Å². The number of hydrogen-bond acceptors (Lipinski definition) is 4. The molecule has 1 heterocycles. The SMILES string of the molecule is CC(=O)Nc1ccc(NS(=O)(=O)c2ccc3c(c2)CCCN3C(=O)c2ccccc2)cc1. The van der Waals surface area contributed by atoms with Crippen LogP contribution in [0.4, 0.5) is 17.1 Å². The van der Waals surface area contributed by atoms with Gasteiger partial charge in [-0.15, -0.1) is 0 Å². The number of nitrogens with one attached hydrogen (secondary N) is 2. The van der Waals surface area contributed by atoms with Crippen molar-refractivity contribution < 1.29 is 18.0 Å². The van der Waals surface area contributed by atoms with Crippen LogP contribution in [0.2, 0.25) is 0 Å². The first kappa shape index (κ1) is 21.6. The van der Waals surface area contributed by atoms with Crippen LogP contribution in [0.5, 0.6) is 0 Å². The number of amides is 2. The van der Waals surface area contributed by atoms with Gasteiger partial charge in [0.15, 0.2) is 0 Å². The topological polar surface area (TPSA) is 95.6 Å². The Morgan fingerprint density at radius 2 is 1.59 bits per heavy atom. The second kappa shape index (κ2) is 8.84. The molecule has 0 spiro atoms. The van der Waals surface area contributed by atoms with E-state index in [2.05, 4.69) is 10.0 Å². The number of fused-ring (bicyclic) bond motifs is 1. The lowest BCUT2D eigenvalue weighted by Crippen LogP contribution is -2.35. The maximum absolute atomic E-state index is 12.9. The van der Waals surface area contributed by atoms with Crippen molar-refractivity contribution in [3.63, 3.8) is 0 Å². The average Bonchev–Trinajstić information content (AvgIpc) is 2.79. The molecule has 0 atom stereocenters. The third-order valence-electron chi connectivity index (χ3n) is 5.20. The highest BCUT2D eigenvalue weighted by atomic mass is 32.2. The molecule has 8 heteroatoms. The van der Waals surface area contributed by atoms with Gasteiger partial charge < -0.3 is 10.2 Å². The molecule has 4 rings (SSSR count). The smallest absolute Gasteiger partial charge is 0.261 e. The van der Waals surface area contributed by atoms with Crippen molar-refractivity contribution in [3.05, 3.63) is 83.9 Å². The van der Waals surface area contributed by atoms with Crippen LogP contribution < -0.4 is 14.9 Å². The van der Waals surface area contributed by atoms with Crippen molar-refractivity contribution >= 4 is 38.9 Å². The van der Waals surface area contributed by atoms with Gasteiger partial charge in [-0.05, 0) is 73.0 Å². The summed E-state index contributed by atoms with van der Waals surface area (Å²) in [5.74, 6) is -0.299. The van der Waals surface area contributed by atoms with Crippen LogP contribution in [0, 0.1) is 0 Å². The Morgan fingerprint density at radius 1 is 0.906 bits per heavy atom. The van der Waals surface area contributed by atoms with E-state index < -0.39 is 10.0 Å². The normalized spacial score (nSPS) is 13.2. The van der Waals surface area contributed by atoms with Crippen molar-refractivity contribution in [2.75, 3.05) is 21.5 Å². The molecule has 164 valence electrons. The molecular formula is C24H23N3O4S. The Morgan fingerprint density at radius 3 is 2.28 bits per heavy atom. The van der Waals surface area contributed by atoms with Gasteiger partial charge in [0.25, 0.3) is 15.9 Å². The predicted octanol–water partition coefficient (Wildman–Crippen LogP) is 4.04. The molecule has 0 aliphatic carbocycles. The third kappa shape index (κ3) is 4.65. The van der Waals surface area contributed by atoms with E-state index in [1.165, 1.54) is 13.0 Å². The van der Waals surface area contributed by atoms with E-state index in [0.29, 0.717) is 29.9 Å². The van der Waals surface area contributed by atoms with Crippen LogP contribution in [0.3, 0.4) is 0 Å². The quantitative estimate of drug-likeness (QED) is 0.615. The van der Waals surface area contributed by atoms with E-state index in [1.807, 2.05) is 18.2 Å². The second-order valence-electron chi connectivity index (χ2n) is 7.58. The minimum atomic E-state index is -3.81. The van der Waals surface area contributed by atoms with E-state index in [0.717, 1.165) is 17.7 Å². The minimum absolute atomic E-state index is 0.0976. The molecule has 3 aromatic carbocycles. The molecule has 7 nitrogen and oxygen atoms in total. The number of benzene rings is 3. The summed E-state index contributed by atoms with van der Waals surface area (Å²) in [4.78, 5) is 25.9. The number of aryl methyl sites for hydroxylation is 1. The monoisotopic (exact) mass is 449 g/mol. The molecule has 1 aliphatic rings. The fraction of sp³-hybridized carbons (Fsp3) is 0.167. The van der Waals surface area contributed by atoms with Gasteiger partial charge in [0.2, 0.25) is 5.91 Å². The van der Waals surface area contributed by atoms with Crippen molar-refractivity contribution in [1.29, 1.82) is 0 Å². The summed E-state index contributed by atoms with van der Waals surface area (Å²) in [6, 6.07) is 20.3. The fourth-order valence-corrected chi connectivity index (χ4v) is 4.84. The molecule has 0 bridgehead atoms. The first-order chi connectivity index (χ1) is 15.3. The molecular weight excluding hydrogens is 426 g/mol. The number of rotatable bonds is 5. The van der Waals surface area contributed by atoms with Crippen molar-refractivity contribution in [3.8, 4) is 0 Å². The van der Waals surface area contributed by atoms with Gasteiger partial charge in [0.05, 0.1) is 4.90 Å². The first-order valence-corrected chi connectivity index (χ1v) is 11.7. The van der Waals surface area contributed by atoms with Crippen molar-refractivity contribution in [2.24, 2.45) is 0 Å². The minimum Gasteiger partial charge on any atom is -0.326 e. The van der Waals surface area contributed by atoms with Crippen LogP contribution in [-0.2, 0) is 21.2 Å². The summed E-state index contributed by atoms with van der Waals surface area (Å²) in [5.41, 5.74) is 3.13. The lowest BCUT2D eigenvalue weighted by Gasteiger charge is -2.30. The number of carbonyl (C=O) groups excluding carboxylic acids is 2. The first-order valence-electron chi connectivity index (χ1n) is 10.2. The standard InChI is InChI=1S/C24H23N3O4S/c1-17(28)25-20-9-11-21(12-10-20)26-32(30,31)22-13-14-23-19(16-22)8-5-15-27(23)24(29)18-6-3-2-4-7-18/h2-4,6-7,9-14,16,26H,5,8,15H2,1H3,(H,25,28). The lowest BCUT2D eigenvalue weighted by atomic mass is 10.0. The van der Waals surface area contributed by atoms with Crippen molar-refractivity contribution in [1.82, 2.24) is 0 Å². The number of anilines is 3. The van der Waals surface area contributed by atoms with Gasteiger partial charge in [0, 0.05) is 36.1 Å². The van der Waals surface area contributed by atoms with Crippen molar-refractivity contribution in [2.45, 2.75) is 24.7 Å². The summed E-state index contributed by atoms with van der Waals surface area (Å²) in [6.07, 6.45) is 1.45. The maximum atomic E-state index is 12.9. The Bertz CT molecular complexity index is 1260. The molecule has 0 radical (unpaired) electrons. The van der Waals surface area contributed by atoms with E-state index in [9.17, 15) is 18.0 Å². The third-order valence-corrected chi connectivity index (χ3v) is 6.58. The highest BCUT2D eigenvalue weighted by Crippen LogP contribution is 2.31. The summed E-state index contributed by atoms with van der Waals surface area (Å²) >= 11 is 0. The molecule has 0 saturated carbocycles. The zero-order valence-corrected chi connectivity index (χ0v) is 18.4. The van der Waals surface area contributed by atoms with E-state index in [1.54, 1.807) is 53.4 Å². The summed E-state index contributed by atoms with van der Waals surface area (Å²) in [7, 11) is -3.81. The Balaban J connectivity index is 1.56. The Labute approximate surface area is 187 Å². The molecule has 0 unspecified atom stereocenters. The molecule has 2 amide bonds. The molecule has 0 fully saturated rings. The fourth-order valence-electron chi connectivity index (χ4n) is 3.73. The lowest BCUT2D eigenvalue weighted by molar-refractivity contribution is -0.114. The van der Waals surface area contributed by atoms with Gasteiger partial charge in [0.1, 0.15) is 0 Å². The molecule has 1 aliphatic heterocycles. The summed E-state index contributed by atoms with van der Waals surface area (Å²) < 4.78 is 28.4. The molecule has 0 aromatic heterocycles. The van der Waals surface area contributed by atoms with Gasteiger partial charge in [-0.25, -0.2) is 8.42 Å². The highest BCUT2D eigenvalue weighted by molar-refractivity contribution is 7.92. The van der Waals surface area contributed by atoms with Gasteiger partial charge >= 0.3 is 0 Å². The Hall–Kier alpha value is -3.65. The molecule has 3 aromatic rings. The van der Waals surface area contributed by atoms with Crippen LogP contribution in [0.15, 0.2) is 77.7 Å². The number of hydrogen-bond donors (Lipinski definition) is 2. The van der Waals surface area contributed by atoms with Crippen LogP contribution in [0.1, 0.15) is 29.3 Å². The van der Waals surface area contributed by atoms with E-state index in [4.69, 9.17) is 0 Å². The predicted molar refractivity (Wildman–Crippen MR) is 124 cm³/mol. The largest absolute Gasteiger partial charge is 0.326 e. The highest BCUT2D eigenvalue weighted by Gasteiger charge is 2.25. The van der Waals surface area contributed by atoms with E-state index >= 15 is 0 Å². The number of carbonyl (C=O) groups is 2. The summed E-state index contributed by atoms with van der Waals surface area (Å²) in [6.45, 7) is 1.99. The molecule has 32 heavy (non-hydrogen) atoms. The zero-order chi connectivity index (χ0) is 22.7. The van der Waals surface area contributed by atoms with Crippen LogP contribution in [0.25, 0.3) is 0 Å². The Kier molecular flexibility index (Phi) is 5.96. The second-order valence-corrected chi connectivity index (χ2v) is 9.26. The summed E-state index contributed by atoms with van der Waals surface area (Å²) in [5, 5.41) is 2.64. The van der Waals surface area contributed by atoms with Crippen LogP contribution in [-0.4, -0.2) is 26.8 Å². The molecule has 0 saturated heterocycles. The van der Waals surface area contributed by atoms with Gasteiger partial charge in [-0.1, -0.05) is 18.2 Å². The number of nitrogens with zero attached hydrogens (tertiary/aromatic N) is 1. The van der Waals surface area contributed by atoms with Gasteiger partial charge in [-0.2, -0.15) is 0 Å². The zero-order valence-electron chi connectivity index (χ0n) is 17.5. The average molecular weight is 450 g/mol. The molecule has 2 N–H and O–H groups in total. The van der Waals surface area contributed by atoms with Gasteiger partial charge in [-0.3, -0.25) is 14.3 Å².